The van der Waals surface area contributed by atoms with Gasteiger partial charge in [-0.1, -0.05) is 50.2 Å². The van der Waals surface area contributed by atoms with Crippen molar-refractivity contribution in [2.24, 2.45) is 5.92 Å². The van der Waals surface area contributed by atoms with Gasteiger partial charge in [-0.15, -0.1) is 0 Å². The van der Waals surface area contributed by atoms with Gasteiger partial charge in [-0.3, -0.25) is 19.3 Å². The standard InChI is InChI=1S/C25H26N2O5/c1-15(2)22(27-23(29)18-11-5-6-12-19(18)24(27)30)25(31)32-14-21(28)26-20-13-7-9-16-8-3-4-10-17(16)20/h3-6,8,10-12,15,20,22H,7,9,13-14H2,1-2H3,(H,26,28). The molecule has 2 unspecified atom stereocenters. The van der Waals surface area contributed by atoms with Gasteiger partial charge in [0, 0.05) is 0 Å². The quantitative estimate of drug-likeness (QED) is 0.557. The molecule has 2 aliphatic rings. The fourth-order valence-electron chi connectivity index (χ4n) is 4.50. The first kappa shape index (κ1) is 21.7. The van der Waals surface area contributed by atoms with Crippen molar-refractivity contribution in [2.45, 2.75) is 45.2 Å². The molecule has 1 aliphatic carbocycles. The number of rotatable bonds is 6. The minimum absolute atomic E-state index is 0.122. The molecule has 2 aromatic carbocycles. The van der Waals surface area contributed by atoms with E-state index in [-0.39, 0.29) is 23.1 Å². The summed E-state index contributed by atoms with van der Waals surface area (Å²) in [5, 5.41) is 2.94. The second-order valence-electron chi connectivity index (χ2n) is 8.53. The molecule has 0 saturated heterocycles. The van der Waals surface area contributed by atoms with Crippen molar-refractivity contribution in [3.8, 4) is 0 Å². The van der Waals surface area contributed by atoms with E-state index in [1.54, 1.807) is 38.1 Å². The lowest BCUT2D eigenvalue weighted by Gasteiger charge is -2.28. The molecule has 0 fully saturated rings. The average molecular weight is 434 g/mol. The monoisotopic (exact) mass is 434 g/mol. The summed E-state index contributed by atoms with van der Waals surface area (Å²) >= 11 is 0. The number of hydrogen-bond acceptors (Lipinski definition) is 5. The maximum atomic E-state index is 12.9. The molecular weight excluding hydrogens is 408 g/mol. The van der Waals surface area contributed by atoms with Crippen LogP contribution in [0.4, 0.5) is 0 Å². The van der Waals surface area contributed by atoms with Gasteiger partial charge in [0.2, 0.25) is 0 Å². The minimum Gasteiger partial charge on any atom is -0.454 e. The molecule has 0 radical (unpaired) electrons. The van der Waals surface area contributed by atoms with Crippen molar-refractivity contribution in [1.29, 1.82) is 0 Å². The minimum atomic E-state index is -1.11. The Balaban J connectivity index is 1.41. The smallest absolute Gasteiger partial charge is 0.330 e. The first-order chi connectivity index (χ1) is 15.4. The maximum Gasteiger partial charge on any atom is 0.330 e. The predicted molar refractivity (Wildman–Crippen MR) is 117 cm³/mol. The fourth-order valence-corrected chi connectivity index (χ4v) is 4.50. The van der Waals surface area contributed by atoms with Gasteiger partial charge < -0.3 is 10.1 Å². The van der Waals surface area contributed by atoms with Gasteiger partial charge in [0.05, 0.1) is 17.2 Å². The summed E-state index contributed by atoms with van der Waals surface area (Å²) in [6.07, 6.45) is 2.77. The summed E-state index contributed by atoms with van der Waals surface area (Å²) in [6, 6.07) is 13.2. The molecule has 2 aromatic rings. The van der Waals surface area contributed by atoms with Crippen LogP contribution in [-0.2, 0) is 20.7 Å². The average Bonchev–Trinajstić information content (AvgIpc) is 3.03. The van der Waals surface area contributed by atoms with E-state index in [0.717, 1.165) is 29.7 Å². The number of nitrogens with one attached hydrogen (secondary N) is 1. The number of carbonyl (C=O) groups excluding carboxylic acids is 4. The summed E-state index contributed by atoms with van der Waals surface area (Å²) in [4.78, 5) is 51.9. The molecule has 166 valence electrons. The van der Waals surface area contributed by atoms with Gasteiger partial charge in [-0.05, 0) is 48.4 Å². The molecule has 7 nitrogen and oxygen atoms in total. The molecule has 0 aromatic heterocycles. The molecule has 0 saturated carbocycles. The Morgan fingerprint density at radius 2 is 1.66 bits per heavy atom. The zero-order chi connectivity index (χ0) is 22.8. The number of imide groups is 1. The van der Waals surface area contributed by atoms with E-state index >= 15 is 0 Å². The summed E-state index contributed by atoms with van der Waals surface area (Å²) in [5.74, 6) is -2.61. The van der Waals surface area contributed by atoms with Crippen LogP contribution in [0, 0.1) is 5.92 Å². The Kier molecular flexibility index (Phi) is 6.08. The number of nitrogens with zero attached hydrogens (tertiary/aromatic N) is 1. The lowest BCUT2D eigenvalue weighted by molar-refractivity contribution is -0.153. The van der Waals surface area contributed by atoms with Crippen LogP contribution in [0.5, 0.6) is 0 Å². The van der Waals surface area contributed by atoms with Crippen LogP contribution in [-0.4, -0.2) is 41.2 Å². The highest BCUT2D eigenvalue weighted by atomic mass is 16.5. The second-order valence-corrected chi connectivity index (χ2v) is 8.53. The third-order valence-electron chi connectivity index (χ3n) is 6.03. The van der Waals surface area contributed by atoms with Crippen molar-refractivity contribution in [1.82, 2.24) is 10.2 Å². The van der Waals surface area contributed by atoms with Crippen LogP contribution in [0.2, 0.25) is 0 Å². The van der Waals surface area contributed by atoms with E-state index in [1.165, 1.54) is 5.56 Å². The lowest BCUT2D eigenvalue weighted by Crippen LogP contribution is -2.49. The molecule has 1 N–H and O–H groups in total. The summed E-state index contributed by atoms with van der Waals surface area (Å²) < 4.78 is 5.27. The highest BCUT2D eigenvalue weighted by Crippen LogP contribution is 2.30. The van der Waals surface area contributed by atoms with Crippen molar-refractivity contribution in [3.63, 3.8) is 0 Å². The van der Waals surface area contributed by atoms with Crippen LogP contribution < -0.4 is 5.32 Å². The molecular formula is C25H26N2O5. The van der Waals surface area contributed by atoms with E-state index in [2.05, 4.69) is 11.4 Å². The third-order valence-corrected chi connectivity index (χ3v) is 6.03. The molecule has 3 amide bonds. The molecule has 0 spiro atoms. The van der Waals surface area contributed by atoms with E-state index < -0.39 is 36.3 Å². The largest absolute Gasteiger partial charge is 0.454 e. The Labute approximate surface area is 186 Å². The molecule has 0 bridgehead atoms. The van der Waals surface area contributed by atoms with Gasteiger partial charge in [0.1, 0.15) is 6.04 Å². The molecule has 32 heavy (non-hydrogen) atoms. The number of aryl methyl sites for hydroxylation is 1. The van der Waals surface area contributed by atoms with Crippen molar-refractivity contribution >= 4 is 23.7 Å². The van der Waals surface area contributed by atoms with Gasteiger partial charge in [0.25, 0.3) is 17.7 Å². The third kappa shape index (κ3) is 4.02. The van der Waals surface area contributed by atoms with Crippen LogP contribution in [0.3, 0.4) is 0 Å². The summed E-state index contributed by atoms with van der Waals surface area (Å²) in [7, 11) is 0. The Hall–Kier alpha value is -3.48. The number of benzene rings is 2. The van der Waals surface area contributed by atoms with Gasteiger partial charge in [-0.25, -0.2) is 4.79 Å². The summed E-state index contributed by atoms with van der Waals surface area (Å²) in [5.41, 5.74) is 2.84. The van der Waals surface area contributed by atoms with Crippen molar-refractivity contribution < 1.29 is 23.9 Å². The van der Waals surface area contributed by atoms with Gasteiger partial charge in [-0.2, -0.15) is 0 Å². The Morgan fingerprint density at radius 3 is 2.31 bits per heavy atom. The molecule has 1 heterocycles. The topological polar surface area (TPSA) is 92.8 Å². The van der Waals surface area contributed by atoms with Gasteiger partial charge >= 0.3 is 5.97 Å². The molecule has 7 heteroatoms. The van der Waals surface area contributed by atoms with Crippen LogP contribution in [0.15, 0.2) is 48.5 Å². The number of hydrogen-bond donors (Lipinski definition) is 1. The van der Waals surface area contributed by atoms with E-state index in [9.17, 15) is 19.2 Å². The van der Waals surface area contributed by atoms with Crippen molar-refractivity contribution in [3.05, 3.63) is 70.8 Å². The number of carbonyl (C=O) groups is 4. The second kappa shape index (κ2) is 8.94. The Bertz CT molecular complexity index is 1040. The van der Waals surface area contributed by atoms with Crippen LogP contribution in [0.1, 0.15) is 64.6 Å². The van der Waals surface area contributed by atoms with E-state index in [4.69, 9.17) is 4.74 Å². The highest BCUT2D eigenvalue weighted by Gasteiger charge is 2.44. The van der Waals surface area contributed by atoms with Crippen molar-refractivity contribution in [2.75, 3.05) is 6.61 Å². The highest BCUT2D eigenvalue weighted by molar-refractivity contribution is 6.22. The maximum absolute atomic E-state index is 12.9. The molecule has 2 atom stereocenters. The Morgan fingerprint density at radius 1 is 1.03 bits per heavy atom. The summed E-state index contributed by atoms with van der Waals surface area (Å²) in [6.45, 7) is 2.99. The number of ether oxygens (including phenoxy) is 1. The first-order valence-corrected chi connectivity index (χ1v) is 10.9. The van der Waals surface area contributed by atoms with Gasteiger partial charge in [0.15, 0.2) is 6.61 Å². The number of fused-ring (bicyclic) bond motifs is 2. The number of amides is 3. The van der Waals surface area contributed by atoms with E-state index in [1.807, 2.05) is 18.2 Å². The predicted octanol–water partition coefficient (Wildman–Crippen LogP) is 3.04. The van der Waals surface area contributed by atoms with Crippen LogP contribution in [0.25, 0.3) is 0 Å². The normalized spacial score (nSPS) is 18.2. The SMILES string of the molecule is CC(C)C(C(=O)OCC(=O)NC1CCCc2ccccc21)N1C(=O)c2ccccc2C1=O. The fraction of sp³-hybridized carbons (Fsp3) is 0.360. The molecule has 1 aliphatic heterocycles. The zero-order valence-electron chi connectivity index (χ0n) is 18.2. The lowest BCUT2D eigenvalue weighted by atomic mass is 9.88. The number of esters is 1. The first-order valence-electron chi connectivity index (χ1n) is 10.9. The van der Waals surface area contributed by atoms with E-state index in [0.29, 0.717) is 0 Å². The zero-order valence-corrected chi connectivity index (χ0v) is 18.2. The van der Waals surface area contributed by atoms with Crippen LogP contribution >= 0.6 is 0 Å². The molecule has 4 rings (SSSR count).